The number of anilines is 1. The lowest BCUT2D eigenvalue weighted by atomic mass is 10.1. The Morgan fingerprint density at radius 3 is 2.70 bits per heavy atom. The van der Waals surface area contributed by atoms with Crippen molar-refractivity contribution in [2.75, 3.05) is 5.32 Å². The third-order valence-corrected chi connectivity index (χ3v) is 2.89. The Kier molecular flexibility index (Phi) is 4.46. The van der Waals surface area contributed by atoms with Crippen LogP contribution in [0, 0.1) is 11.3 Å². The molecule has 0 radical (unpaired) electrons. The smallest absolute Gasteiger partial charge is 0.255 e. The van der Waals surface area contributed by atoms with Gasteiger partial charge in [0.1, 0.15) is 11.8 Å². The van der Waals surface area contributed by atoms with Crippen molar-refractivity contribution in [2.24, 2.45) is 0 Å². The predicted molar refractivity (Wildman–Crippen MR) is 77.3 cm³/mol. The summed E-state index contributed by atoms with van der Waals surface area (Å²) in [7, 11) is 0. The molecule has 4 nitrogen and oxygen atoms in total. The van der Waals surface area contributed by atoms with Crippen LogP contribution < -0.4 is 5.32 Å². The van der Waals surface area contributed by atoms with Crippen LogP contribution in [0.3, 0.4) is 0 Å². The summed E-state index contributed by atoms with van der Waals surface area (Å²) in [6.07, 6.45) is 3.58. The van der Waals surface area contributed by atoms with Gasteiger partial charge in [-0.2, -0.15) is 5.26 Å². The minimum atomic E-state index is -0.243. The van der Waals surface area contributed by atoms with E-state index in [9.17, 15) is 4.79 Å². The number of nitrogens with one attached hydrogen (secondary N) is 1. The van der Waals surface area contributed by atoms with Gasteiger partial charge >= 0.3 is 0 Å². The second kappa shape index (κ2) is 6.48. The first-order valence-electron chi connectivity index (χ1n) is 6.49. The van der Waals surface area contributed by atoms with Crippen LogP contribution >= 0.6 is 0 Å². The zero-order valence-electron chi connectivity index (χ0n) is 11.3. The van der Waals surface area contributed by atoms with E-state index in [1.807, 2.05) is 30.3 Å². The molecule has 0 saturated carbocycles. The van der Waals surface area contributed by atoms with Crippen molar-refractivity contribution >= 4 is 11.6 Å². The number of aromatic nitrogens is 1. The molecule has 4 heteroatoms. The van der Waals surface area contributed by atoms with Crippen molar-refractivity contribution < 1.29 is 4.79 Å². The van der Waals surface area contributed by atoms with Gasteiger partial charge in [0, 0.05) is 17.4 Å². The quantitative estimate of drug-likeness (QED) is 0.923. The molecule has 2 aromatic rings. The van der Waals surface area contributed by atoms with E-state index in [0.29, 0.717) is 5.56 Å². The molecule has 100 valence electrons. The molecule has 0 aliphatic rings. The highest BCUT2D eigenvalue weighted by atomic mass is 16.1. The molecule has 0 aliphatic heterocycles. The summed E-state index contributed by atoms with van der Waals surface area (Å²) >= 11 is 0. The van der Waals surface area contributed by atoms with Gasteiger partial charge in [0.25, 0.3) is 5.91 Å². The van der Waals surface area contributed by atoms with Gasteiger partial charge in [-0.05, 0) is 36.2 Å². The van der Waals surface area contributed by atoms with Crippen LogP contribution in [0.4, 0.5) is 5.69 Å². The fraction of sp³-hybridized carbons (Fsp3) is 0.188. The normalized spacial score (nSPS) is 9.80. The first-order valence-corrected chi connectivity index (χ1v) is 6.49. The fourth-order valence-corrected chi connectivity index (χ4v) is 1.88. The number of pyridine rings is 1. The lowest BCUT2D eigenvalue weighted by Crippen LogP contribution is -2.12. The number of hydrogen-bond donors (Lipinski definition) is 1. The number of benzene rings is 1. The van der Waals surface area contributed by atoms with Gasteiger partial charge < -0.3 is 5.32 Å². The highest BCUT2D eigenvalue weighted by molar-refractivity contribution is 6.04. The summed E-state index contributed by atoms with van der Waals surface area (Å²) in [5.41, 5.74) is 2.65. The number of carbonyl (C=O) groups is 1. The number of rotatable bonds is 4. The van der Waals surface area contributed by atoms with E-state index < -0.39 is 0 Å². The minimum Gasteiger partial charge on any atom is -0.322 e. The van der Waals surface area contributed by atoms with E-state index >= 15 is 0 Å². The Labute approximate surface area is 118 Å². The molecule has 0 saturated heterocycles. The molecule has 1 amide bonds. The summed E-state index contributed by atoms with van der Waals surface area (Å²) in [5, 5.41) is 11.6. The van der Waals surface area contributed by atoms with Crippen LogP contribution in [-0.4, -0.2) is 10.9 Å². The molecule has 0 atom stereocenters. The molecule has 0 spiro atoms. The van der Waals surface area contributed by atoms with E-state index in [1.165, 1.54) is 17.8 Å². The highest BCUT2D eigenvalue weighted by Gasteiger charge is 2.07. The van der Waals surface area contributed by atoms with E-state index in [1.54, 1.807) is 6.07 Å². The molecule has 0 unspecified atom stereocenters. The van der Waals surface area contributed by atoms with Gasteiger partial charge in [-0.3, -0.25) is 4.79 Å². The van der Waals surface area contributed by atoms with Crippen molar-refractivity contribution in [3.05, 3.63) is 59.4 Å². The first kappa shape index (κ1) is 13.8. The first-order chi connectivity index (χ1) is 9.72. The fourth-order valence-electron chi connectivity index (χ4n) is 1.88. The number of aryl methyl sites for hydroxylation is 1. The maximum absolute atomic E-state index is 12.0. The second-order valence-electron chi connectivity index (χ2n) is 4.44. The van der Waals surface area contributed by atoms with Crippen LogP contribution in [0.15, 0.2) is 42.6 Å². The average molecular weight is 265 g/mol. The van der Waals surface area contributed by atoms with Crippen LogP contribution in [0.1, 0.15) is 35.0 Å². The van der Waals surface area contributed by atoms with Crippen LogP contribution in [0.25, 0.3) is 0 Å². The third-order valence-electron chi connectivity index (χ3n) is 2.89. The Hall–Kier alpha value is -2.67. The van der Waals surface area contributed by atoms with Crippen molar-refractivity contribution in [3.63, 3.8) is 0 Å². The Morgan fingerprint density at radius 2 is 2.05 bits per heavy atom. The standard InChI is InChI=1S/C16H15N3O/c1-2-3-12-4-6-14(7-5-12)19-16(20)13-8-9-18-15(10-13)11-17/h4-10H,2-3H2,1H3,(H,19,20). The topological polar surface area (TPSA) is 65.8 Å². The Balaban J connectivity index is 2.09. The van der Waals surface area contributed by atoms with Gasteiger partial charge in [0.05, 0.1) is 0 Å². The Bertz CT molecular complexity index is 642. The molecule has 0 aliphatic carbocycles. The van der Waals surface area contributed by atoms with Crippen molar-refractivity contribution in [1.82, 2.24) is 4.98 Å². The average Bonchev–Trinajstić information content (AvgIpc) is 2.49. The summed E-state index contributed by atoms with van der Waals surface area (Å²) in [4.78, 5) is 15.9. The third kappa shape index (κ3) is 3.42. The van der Waals surface area contributed by atoms with Crippen molar-refractivity contribution in [2.45, 2.75) is 19.8 Å². The number of hydrogen-bond acceptors (Lipinski definition) is 3. The van der Waals surface area contributed by atoms with E-state index in [2.05, 4.69) is 17.2 Å². The number of carbonyl (C=O) groups excluding carboxylic acids is 1. The molecule has 1 aromatic carbocycles. The summed E-state index contributed by atoms with van der Waals surface area (Å²) in [6, 6.07) is 12.8. The summed E-state index contributed by atoms with van der Waals surface area (Å²) in [6.45, 7) is 2.13. The Morgan fingerprint density at radius 1 is 1.30 bits per heavy atom. The molecular weight excluding hydrogens is 250 g/mol. The predicted octanol–water partition coefficient (Wildman–Crippen LogP) is 3.16. The molecule has 0 fully saturated rings. The van der Waals surface area contributed by atoms with Crippen molar-refractivity contribution in [1.29, 1.82) is 5.26 Å². The second-order valence-corrected chi connectivity index (χ2v) is 4.44. The van der Waals surface area contributed by atoms with Crippen LogP contribution in [0.2, 0.25) is 0 Å². The number of amides is 1. The minimum absolute atomic E-state index is 0.232. The van der Waals surface area contributed by atoms with E-state index in [4.69, 9.17) is 5.26 Å². The lowest BCUT2D eigenvalue weighted by molar-refractivity contribution is 0.102. The summed E-state index contributed by atoms with van der Waals surface area (Å²) in [5.74, 6) is -0.243. The zero-order chi connectivity index (χ0) is 14.4. The zero-order valence-corrected chi connectivity index (χ0v) is 11.3. The summed E-state index contributed by atoms with van der Waals surface area (Å²) < 4.78 is 0. The van der Waals surface area contributed by atoms with Crippen LogP contribution in [-0.2, 0) is 6.42 Å². The maximum atomic E-state index is 12.0. The molecule has 20 heavy (non-hydrogen) atoms. The van der Waals surface area contributed by atoms with Crippen LogP contribution in [0.5, 0.6) is 0 Å². The largest absolute Gasteiger partial charge is 0.322 e. The van der Waals surface area contributed by atoms with Crippen molar-refractivity contribution in [3.8, 4) is 6.07 Å². The molecule has 1 N–H and O–H groups in total. The van der Waals surface area contributed by atoms with Gasteiger partial charge in [-0.1, -0.05) is 25.5 Å². The van der Waals surface area contributed by atoms with Gasteiger partial charge in [-0.25, -0.2) is 4.98 Å². The lowest BCUT2D eigenvalue weighted by Gasteiger charge is -2.06. The highest BCUT2D eigenvalue weighted by Crippen LogP contribution is 2.12. The van der Waals surface area contributed by atoms with E-state index in [-0.39, 0.29) is 11.6 Å². The SMILES string of the molecule is CCCc1ccc(NC(=O)c2ccnc(C#N)c2)cc1. The molecule has 0 bridgehead atoms. The number of nitriles is 1. The van der Waals surface area contributed by atoms with Gasteiger partial charge in [0.15, 0.2) is 0 Å². The molecular formula is C16H15N3O. The van der Waals surface area contributed by atoms with E-state index in [0.717, 1.165) is 18.5 Å². The monoisotopic (exact) mass is 265 g/mol. The van der Waals surface area contributed by atoms with Gasteiger partial charge in [-0.15, -0.1) is 0 Å². The number of nitrogens with zero attached hydrogens (tertiary/aromatic N) is 2. The molecule has 1 heterocycles. The maximum Gasteiger partial charge on any atom is 0.255 e. The van der Waals surface area contributed by atoms with Gasteiger partial charge in [0.2, 0.25) is 0 Å². The molecule has 1 aromatic heterocycles. The molecule has 2 rings (SSSR count).